The Kier molecular flexibility index (Phi) is 4.27. The number of rotatable bonds is 3. The molecule has 0 saturated carbocycles. The number of thiophene rings is 1. The molecule has 1 aromatic heterocycles. The van der Waals surface area contributed by atoms with Crippen molar-refractivity contribution < 1.29 is 14.2 Å². The van der Waals surface area contributed by atoms with E-state index in [1.165, 1.54) is 34.7 Å². The minimum Gasteiger partial charge on any atom is -0.255 e. The molecule has 0 N–H and O–H groups in total. The Hall–Kier alpha value is -2.06. The lowest BCUT2D eigenvalue weighted by molar-refractivity contribution is -0.407. The lowest BCUT2D eigenvalue weighted by Crippen LogP contribution is -2.54. The second-order valence-electron chi connectivity index (χ2n) is 4.99. The first-order chi connectivity index (χ1) is 11.0. The number of imide groups is 1. The molecule has 2 aliphatic heterocycles. The molecule has 0 spiro atoms. The van der Waals surface area contributed by atoms with Crippen LogP contribution in [0, 0.1) is 5.92 Å². The summed E-state index contributed by atoms with van der Waals surface area (Å²) in [5.74, 6) is 0.677. The Morgan fingerprint density at radius 1 is 1.48 bits per heavy atom. The summed E-state index contributed by atoms with van der Waals surface area (Å²) in [4.78, 5) is 35.8. The largest absolute Gasteiger partial charge is 0.445 e. The third-order valence-corrected chi connectivity index (χ3v) is 5.42. The highest BCUT2D eigenvalue weighted by Gasteiger charge is 2.49. The molecule has 3 amide bonds. The van der Waals surface area contributed by atoms with Gasteiger partial charge in [-0.2, -0.15) is 9.48 Å². The molecule has 3 heterocycles. The average molecular weight is 347 g/mol. The zero-order valence-corrected chi connectivity index (χ0v) is 14.4. The van der Waals surface area contributed by atoms with Gasteiger partial charge in [0.15, 0.2) is 5.92 Å². The third kappa shape index (κ3) is 2.68. The average Bonchev–Trinajstić information content (AvgIpc) is 3.09. The summed E-state index contributed by atoms with van der Waals surface area (Å²) in [5, 5.41) is 2.59. The van der Waals surface area contributed by atoms with Crippen LogP contribution in [0.2, 0.25) is 0 Å². The zero-order valence-electron chi connectivity index (χ0n) is 12.7. The lowest BCUT2D eigenvalue weighted by Gasteiger charge is -2.26. The first-order valence-corrected chi connectivity index (χ1v) is 8.78. The fourth-order valence-electron chi connectivity index (χ4n) is 2.35. The fourth-order valence-corrected chi connectivity index (χ4v) is 3.82. The number of hydrogen-bond donors (Lipinski definition) is 0. The van der Waals surface area contributed by atoms with Crippen molar-refractivity contribution in [2.45, 2.75) is 0 Å². The molecule has 3 rings (SSSR count). The van der Waals surface area contributed by atoms with Gasteiger partial charge in [0.05, 0.1) is 19.0 Å². The van der Waals surface area contributed by atoms with Crippen LogP contribution in [-0.4, -0.2) is 58.0 Å². The summed E-state index contributed by atoms with van der Waals surface area (Å²) in [7, 11) is 3.11. The van der Waals surface area contributed by atoms with Crippen LogP contribution in [0.4, 0.5) is 4.79 Å². The molecule has 0 aromatic carbocycles. The van der Waals surface area contributed by atoms with Crippen molar-refractivity contribution in [1.82, 2.24) is 4.90 Å². The molecule has 0 saturated heterocycles. The Bertz CT molecular complexity index is 777. The maximum atomic E-state index is 12.6. The van der Waals surface area contributed by atoms with Gasteiger partial charge < -0.3 is 0 Å². The second kappa shape index (κ2) is 6.21. The molecule has 1 aromatic rings. The van der Waals surface area contributed by atoms with Gasteiger partial charge in [0.2, 0.25) is 5.84 Å². The number of fused-ring (bicyclic) bond motifs is 1. The number of urea groups is 1. The summed E-state index contributed by atoms with van der Waals surface area (Å²) in [6, 6.07) is 3.45. The smallest absolute Gasteiger partial charge is 0.255 e. The Balaban J connectivity index is 2.14. The molecular weight excluding hydrogens is 332 g/mol. The summed E-state index contributed by atoms with van der Waals surface area (Å²) in [5.41, 5.74) is 0. The van der Waals surface area contributed by atoms with Gasteiger partial charge in [-0.1, -0.05) is 17.1 Å². The lowest BCUT2D eigenvalue weighted by atomic mass is 10.0. The topological polar surface area (TPSA) is 65.1 Å². The van der Waals surface area contributed by atoms with Crippen LogP contribution < -0.4 is 0 Å². The van der Waals surface area contributed by atoms with E-state index < -0.39 is 5.92 Å². The van der Waals surface area contributed by atoms with Crippen LogP contribution in [0.15, 0.2) is 40.2 Å². The van der Waals surface area contributed by atoms with Crippen LogP contribution in [-0.2, 0) is 4.79 Å². The summed E-state index contributed by atoms with van der Waals surface area (Å²) in [6.07, 6.45) is 1.76. The fraction of sp³-hybridized carbons (Fsp3) is 0.267. The van der Waals surface area contributed by atoms with E-state index in [4.69, 9.17) is 0 Å². The van der Waals surface area contributed by atoms with Gasteiger partial charge in [0.1, 0.15) is 5.04 Å². The molecule has 0 fully saturated rings. The van der Waals surface area contributed by atoms with Gasteiger partial charge in [-0.25, -0.2) is 9.79 Å². The SMILES string of the molecule is C=CCSC1=NC(c2cccs2)=NC2=[N+](C)C(=O)N(C)C(=O)C12. The van der Waals surface area contributed by atoms with Crippen LogP contribution in [0.3, 0.4) is 0 Å². The van der Waals surface area contributed by atoms with Crippen molar-refractivity contribution in [3.05, 3.63) is 35.0 Å². The number of carbonyl (C=O) groups is 2. The molecule has 8 heteroatoms. The number of amidine groups is 2. The number of thioether (sulfide) groups is 1. The second-order valence-corrected chi connectivity index (χ2v) is 6.98. The van der Waals surface area contributed by atoms with Crippen LogP contribution in [0.1, 0.15) is 4.88 Å². The highest BCUT2D eigenvalue weighted by molar-refractivity contribution is 8.14. The third-order valence-electron chi connectivity index (χ3n) is 3.53. The molecule has 0 aliphatic carbocycles. The van der Waals surface area contributed by atoms with E-state index in [2.05, 4.69) is 16.6 Å². The molecule has 6 nitrogen and oxygen atoms in total. The zero-order chi connectivity index (χ0) is 16.6. The van der Waals surface area contributed by atoms with Crippen molar-refractivity contribution >= 4 is 51.8 Å². The predicted octanol–water partition coefficient (Wildman–Crippen LogP) is 2.08. The molecule has 23 heavy (non-hydrogen) atoms. The van der Waals surface area contributed by atoms with Crippen molar-refractivity contribution in [2.75, 3.05) is 19.8 Å². The maximum absolute atomic E-state index is 12.6. The van der Waals surface area contributed by atoms with Gasteiger partial charge in [-0.15, -0.1) is 29.7 Å². The number of aliphatic imine (C=N–C) groups is 2. The predicted molar refractivity (Wildman–Crippen MR) is 93.8 cm³/mol. The molecular formula is C15H15N4O2S2+. The van der Waals surface area contributed by atoms with Gasteiger partial charge in [-0.3, -0.25) is 4.79 Å². The molecule has 0 radical (unpaired) electrons. The van der Waals surface area contributed by atoms with E-state index >= 15 is 0 Å². The maximum Gasteiger partial charge on any atom is 0.445 e. The molecule has 1 unspecified atom stereocenters. The van der Waals surface area contributed by atoms with Gasteiger partial charge in [0.25, 0.3) is 5.84 Å². The van der Waals surface area contributed by atoms with E-state index in [1.807, 2.05) is 17.5 Å². The van der Waals surface area contributed by atoms with E-state index in [9.17, 15) is 9.59 Å². The molecule has 1 atom stereocenters. The monoisotopic (exact) mass is 347 g/mol. The van der Waals surface area contributed by atoms with E-state index in [0.717, 1.165) is 9.78 Å². The Labute approximate surface area is 141 Å². The minimum absolute atomic E-state index is 0.299. The number of nitrogens with zero attached hydrogens (tertiary/aromatic N) is 4. The normalized spacial score (nSPS) is 21.1. The van der Waals surface area contributed by atoms with Crippen LogP contribution in [0.5, 0.6) is 0 Å². The first kappa shape index (κ1) is 15.8. The van der Waals surface area contributed by atoms with Gasteiger partial charge in [-0.05, 0) is 11.4 Å². The van der Waals surface area contributed by atoms with Gasteiger partial charge >= 0.3 is 11.9 Å². The minimum atomic E-state index is -0.628. The molecule has 0 bridgehead atoms. The van der Waals surface area contributed by atoms with Crippen molar-refractivity contribution in [3.8, 4) is 0 Å². The number of hydrogen-bond acceptors (Lipinski definition) is 6. The van der Waals surface area contributed by atoms with Crippen molar-refractivity contribution in [2.24, 2.45) is 15.9 Å². The van der Waals surface area contributed by atoms with Crippen molar-refractivity contribution in [3.63, 3.8) is 0 Å². The summed E-state index contributed by atoms with van der Waals surface area (Å²) < 4.78 is 1.42. The summed E-state index contributed by atoms with van der Waals surface area (Å²) in [6.45, 7) is 3.71. The van der Waals surface area contributed by atoms with E-state index in [-0.39, 0.29) is 11.9 Å². The summed E-state index contributed by atoms with van der Waals surface area (Å²) >= 11 is 2.96. The Morgan fingerprint density at radius 2 is 2.26 bits per heavy atom. The molecule has 2 aliphatic rings. The van der Waals surface area contributed by atoms with Crippen molar-refractivity contribution in [1.29, 1.82) is 0 Å². The van der Waals surface area contributed by atoms with E-state index in [1.54, 1.807) is 13.1 Å². The standard InChI is InChI=1S/C15H15N4O2S2/c1-4-7-23-13-10-12(18(2)15(21)19(3)14(10)20)16-11(17-13)9-6-5-8-22-9/h4-6,8,10H,1,7H2,2-3H3/q+1. The highest BCUT2D eigenvalue weighted by atomic mass is 32.2. The van der Waals surface area contributed by atoms with E-state index in [0.29, 0.717) is 22.5 Å². The number of amides is 3. The highest BCUT2D eigenvalue weighted by Crippen LogP contribution is 2.27. The van der Waals surface area contributed by atoms with Gasteiger partial charge in [0, 0.05) is 5.75 Å². The first-order valence-electron chi connectivity index (χ1n) is 6.91. The quantitative estimate of drug-likeness (QED) is 0.621. The van der Waals surface area contributed by atoms with Crippen LogP contribution in [0.25, 0.3) is 0 Å². The van der Waals surface area contributed by atoms with Crippen LogP contribution >= 0.6 is 23.1 Å². The molecule has 118 valence electrons. The Morgan fingerprint density at radius 3 is 2.91 bits per heavy atom. The number of carbonyl (C=O) groups excluding carboxylic acids is 2.